The zero-order chi connectivity index (χ0) is 26.5. The number of carboxylic acids is 5. The summed E-state index contributed by atoms with van der Waals surface area (Å²) in [6.07, 6.45) is 2.28. The van der Waals surface area contributed by atoms with Crippen molar-refractivity contribution in [3.8, 4) is 0 Å². The monoisotopic (exact) mass is 518 g/mol. The van der Waals surface area contributed by atoms with Gasteiger partial charge in [0.1, 0.15) is 11.6 Å². The molecule has 0 aliphatic heterocycles. The predicted octanol–water partition coefficient (Wildman–Crippen LogP) is -4.17. The Balaban J connectivity index is -0.0000000231. The summed E-state index contributed by atoms with van der Waals surface area (Å²) in [6, 6.07) is 0. The molecule has 0 bridgehead atoms. The number of aliphatic carboxylic acids is 5. The molecule has 0 aromatic heterocycles. The summed E-state index contributed by atoms with van der Waals surface area (Å²) in [5.74, 6) is -3.85. The van der Waals surface area contributed by atoms with Crippen molar-refractivity contribution in [2.75, 3.05) is 0 Å². The molecule has 0 aliphatic carbocycles. The van der Waals surface area contributed by atoms with Crippen LogP contribution in [-0.2, 0) is 24.0 Å². The zero-order valence-electron chi connectivity index (χ0n) is 17.4. The molecular weight excluding hydrogens is 481 g/mol. The number of hydrogen-bond acceptors (Lipinski definition) is 11. The van der Waals surface area contributed by atoms with E-state index in [-0.39, 0.29) is 100 Å². The average Bonchev–Trinajstić information content (AvgIpc) is 2.44. The maximum absolute atomic E-state index is 9.00. The Hall–Kier alpha value is -1.37. The number of carboxylic acid groups (broad SMARTS) is 5. The number of carbonyl (C=O) groups is 5. The van der Waals surface area contributed by atoms with Gasteiger partial charge in [-0.1, -0.05) is 0 Å². The Morgan fingerprint density at radius 3 is 0.485 bits per heavy atom. The van der Waals surface area contributed by atoms with Gasteiger partial charge in [0.15, 0.2) is 0 Å². The van der Waals surface area contributed by atoms with Gasteiger partial charge in [0.25, 0.3) is 29.8 Å². The third-order valence-corrected chi connectivity index (χ3v) is 0.385. The molecule has 16 nitrogen and oxygen atoms in total. The van der Waals surface area contributed by atoms with Gasteiger partial charge in [0.2, 0.25) is 0 Å². The Bertz CT molecular complexity index is 422. The number of nitrogens with two attached hydrogens (primary N) is 6. The van der Waals surface area contributed by atoms with Crippen LogP contribution in [0.25, 0.3) is 0 Å². The maximum atomic E-state index is 9.00. The van der Waals surface area contributed by atoms with E-state index in [0.29, 0.717) is 0 Å². The van der Waals surface area contributed by atoms with E-state index in [2.05, 4.69) is 0 Å². The number of rotatable bonds is 0. The summed E-state index contributed by atoms with van der Waals surface area (Å²) in [6.45, 7) is 5.42. The topological polar surface area (TPSA) is 343 Å². The van der Waals surface area contributed by atoms with Crippen molar-refractivity contribution in [2.45, 2.75) is 34.6 Å². The molecule has 0 heterocycles. The van der Waals surface area contributed by atoms with Crippen LogP contribution in [0.4, 0.5) is 0 Å². The average molecular weight is 518 g/mol. The van der Waals surface area contributed by atoms with E-state index in [1.165, 1.54) is 0 Å². The van der Waals surface area contributed by atoms with E-state index in [9.17, 15) is 0 Å². The van der Waals surface area contributed by atoms with E-state index in [0.717, 1.165) is 47.0 Å². The first-order valence-electron chi connectivity index (χ1n) is 7.04. The Morgan fingerprint density at radius 2 is 0.485 bits per heavy atom. The molecular formula is C14H37N6Na3O10. The van der Waals surface area contributed by atoms with Gasteiger partial charge in [-0.25, -0.2) is 0 Å². The minimum atomic E-state index is -0.833. The Kier molecular flexibility index (Phi) is 110. The van der Waals surface area contributed by atoms with Gasteiger partial charge in [-0.05, 0) is 0 Å². The van der Waals surface area contributed by atoms with Crippen molar-refractivity contribution >= 4 is 119 Å². The molecule has 0 amide bonds. The van der Waals surface area contributed by atoms with Gasteiger partial charge < -0.3 is 59.9 Å². The number of hydrogen-bond donors (Lipinski definition) is 11. The van der Waals surface area contributed by atoms with Crippen LogP contribution in [0, 0.1) is 0 Å². The van der Waals surface area contributed by atoms with E-state index in [4.69, 9.17) is 83.9 Å². The van der Waals surface area contributed by atoms with Crippen LogP contribution in [0.3, 0.4) is 0 Å². The molecule has 0 aliphatic rings. The van der Waals surface area contributed by atoms with Gasteiger partial charge in [0, 0.05) is 47.0 Å². The first kappa shape index (κ1) is 63.4. The van der Waals surface area contributed by atoms with Crippen molar-refractivity contribution in [3.63, 3.8) is 0 Å². The second-order valence-electron chi connectivity index (χ2n) is 3.93. The third-order valence-electron chi connectivity index (χ3n) is 0.385. The molecule has 17 N–H and O–H groups in total. The van der Waals surface area contributed by atoms with Crippen molar-refractivity contribution in [2.24, 2.45) is 34.4 Å². The van der Waals surface area contributed by atoms with Crippen LogP contribution in [0.2, 0.25) is 0 Å². The van der Waals surface area contributed by atoms with Crippen molar-refractivity contribution in [1.82, 2.24) is 0 Å². The van der Waals surface area contributed by atoms with Crippen LogP contribution >= 0.6 is 0 Å². The summed E-state index contributed by atoms with van der Waals surface area (Å²) >= 11 is 0. The van der Waals surface area contributed by atoms with Gasteiger partial charge in [-0.15, -0.1) is 0 Å². The van der Waals surface area contributed by atoms with Crippen LogP contribution in [0.15, 0.2) is 24.0 Å². The van der Waals surface area contributed by atoms with Gasteiger partial charge in [-0.3, -0.25) is 24.0 Å². The zero-order valence-corrected chi connectivity index (χ0v) is 17.4. The second kappa shape index (κ2) is 57.5. The van der Waals surface area contributed by atoms with Gasteiger partial charge >= 0.3 is 88.7 Å². The van der Waals surface area contributed by atoms with Crippen LogP contribution in [-0.4, -0.2) is 144 Å². The summed E-state index contributed by atoms with van der Waals surface area (Å²) in [7, 11) is 0. The summed E-state index contributed by atoms with van der Waals surface area (Å²) < 4.78 is 0. The second-order valence-corrected chi connectivity index (χ2v) is 3.93. The fraction of sp³-hybridized carbons (Fsp3) is 0.357. The predicted molar refractivity (Wildman–Crippen MR) is 129 cm³/mol. The van der Waals surface area contributed by atoms with Gasteiger partial charge in [0.05, 0.1) is 0 Å². The van der Waals surface area contributed by atoms with Crippen LogP contribution in [0.5, 0.6) is 0 Å². The molecule has 0 radical (unpaired) electrons. The molecule has 19 heteroatoms. The molecule has 0 saturated carbocycles. The van der Waals surface area contributed by atoms with E-state index in [1.807, 2.05) is 0 Å². The fourth-order valence-electron chi connectivity index (χ4n) is 0. The van der Waals surface area contributed by atoms with Crippen molar-refractivity contribution in [3.05, 3.63) is 24.0 Å². The molecule has 0 aromatic rings. The molecule has 0 saturated heterocycles. The summed E-state index contributed by atoms with van der Waals surface area (Å²) in [4.78, 5) is 45.0. The fourth-order valence-corrected chi connectivity index (χ4v) is 0. The van der Waals surface area contributed by atoms with E-state index in [1.54, 1.807) is 0 Å². The Morgan fingerprint density at radius 1 is 0.455 bits per heavy atom. The molecule has 0 spiro atoms. The van der Waals surface area contributed by atoms with Crippen LogP contribution in [0.1, 0.15) is 34.6 Å². The quantitative estimate of drug-likeness (QED) is 0.135. The molecule has 0 unspecified atom stereocenters. The first-order chi connectivity index (χ1) is 13.2. The Labute approximate surface area is 258 Å². The standard InChI is InChI=1S/2C2H7N3.5C2H4O2.3Na.3H/c2*3-1-2(4)5;5*1-2(3)4;;;;;;/h2*1H,3-5H2;5*1H3,(H,3,4);;;;;;. The summed E-state index contributed by atoms with van der Waals surface area (Å²) in [5, 5.41) is 37.1. The van der Waals surface area contributed by atoms with Crippen molar-refractivity contribution < 1.29 is 49.5 Å². The van der Waals surface area contributed by atoms with Gasteiger partial charge in [-0.2, -0.15) is 0 Å². The molecule has 0 rings (SSSR count). The molecule has 0 fully saturated rings. The van der Waals surface area contributed by atoms with E-state index >= 15 is 0 Å². The normalized spacial score (nSPS) is 5.73. The van der Waals surface area contributed by atoms with Crippen LogP contribution < -0.4 is 34.4 Å². The first-order valence-corrected chi connectivity index (χ1v) is 7.04. The summed E-state index contributed by atoms with van der Waals surface area (Å²) in [5.41, 5.74) is 28.7. The minimum absolute atomic E-state index is 0. The molecule has 0 atom stereocenters. The molecule has 186 valence electrons. The molecule has 0 aromatic carbocycles. The third kappa shape index (κ3) is 3630. The van der Waals surface area contributed by atoms with E-state index < -0.39 is 29.8 Å². The van der Waals surface area contributed by atoms with Crippen molar-refractivity contribution in [1.29, 1.82) is 0 Å². The SMILES string of the molecule is CC(=O)O.CC(=O)O.CC(=O)O.CC(=O)O.CC(=O)O.NC=C(N)N.NC=C(N)N.[NaH].[NaH].[NaH]. The molecule has 33 heavy (non-hydrogen) atoms.